The number of hydrogen-bond acceptors (Lipinski definition) is 6. The number of hydrogen-bond donors (Lipinski definition) is 1. The first kappa shape index (κ1) is 17.5. The fourth-order valence-electron chi connectivity index (χ4n) is 3.32. The smallest absolute Gasteiger partial charge is 0.316 e. The van der Waals surface area contributed by atoms with Crippen molar-refractivity contribution in [2.24, 2.45) is 5.10 Å². The average molecular weight is 364 g/mol. The van der Waals surface area contributed by atoms with Gasteiger partial charge in [0.25, 0.3) is 0 Å². The average Bonchev–Trinajstić information content (AvgIpc) is 3.34. The lowest BCUT2D eigenvalue weighted by Crippen LogP contribution is -2.24. The van der Waals surface area contributed by atoms with Gasteiger partial charge < -0.3 is 9.72 Å². The molecule has 0 aliphatic carbocycles. The molecule has 0 saturated heterocycles. The third-order valence-electron chi connectivity index (χ3n) is 4.93. The lowest BCUT2D eigenvalue weighted by atomic mass is 10.0. The molecule has 1 aliphatic heterocycles. The molecule has 1 N–H and O–H groups in total. The summed E-state index contributed by atoms with van der Waals surface area (Å²) in [5.74, 6) is 0.248. The maximum atomic E-state index is 5.28. The van der Waals surface area contributed by atoms with Crippen molar-refractivity contribution < 1.29 is 4.74 Å². The van der Waals surface area contributed by atoms with Gasteiger partial charge in [-0.1, -0.05) is 6.92 Å². The summed E-state index contributed by atoms with van der Waals surface area (Å²) in [4.78, 5) is 16.8. The molecule has 4 heterocycles. The van der Waals surface area contributed by atoms with Crippen molar-refractivity contribution in [1.29, 1.82) is 0 Å². The maximum Gasteiger partial charge on any atom is 0.316 e. The zero-order chi connectivity index (χ0) is 19.0. The lowest BCUT2D eigenvalue weighted by molar-refractivity contribution is 0.251. The summed E-state index contributed by atoms with van der Waals surface area (Å²) in [5.41, 5.74) is 4.80. The number of ether oxygens (including phenoxy) is 1. The quantitative estimate of drug-likeness (QED) is 0.751. The van der Waals surface area contributed by atoms with Gasteiger partial charge in [0.2, 0.25) is 0 Å². The second-order valence-corrected chi connectivity index (χ2v) is 7.04. The van der Waals surface area contributed by atoms with Gasteiger partial charge in [-0.2, -0.15) is 10.1 Å². The van der Waals surface area contributed by atoms with E-state index in [9.17, 15) is 0 Å². The number of aryl methyl sites for hydroxylation is 1. The minimum Gasteiger partial charge on any atom is -0.467 e. The van der Waals surface area contributed by atoms with Crippen molar-refractivity contribution in [1.82, 2.24) is 24.9 Å². The molecule has 3 aromatic rings. The molecule has 1 aliphatic rings. The molecule has 0 amide bonds. The number of nitrogens with one attached hydrogen (secondary N) is 1. The fraction of sp³-hybridized carbons (Fsp3) is 0.400. The molecule has 1 unspecified atom stereocenters. The Labute approximate surface area is 158 Å². The molecule has 4 rings (SSSR count). The highest BCUT2D eigenvalue weighted by molar-refractivity contribution is 5.93. The number of methoxy groups -OCH3 is 1. The molecule has 140 valence electrons. The molecular formula is C20H24N6O. The number of pyridine rings is 1. The van der Waals surface area contributed by atoms with E-state index in [0.717, 1.165) is 46.5 Å². The van der Waals surface area contributed by atoms with Crippen molar-refractivity contribution in [3.05, 3.63) is 35.8 Å². The van der Waals surface area contributed by atoms with Gasteiger partial charge in [0.05, 0.1) is 12.8 Å². The summed E-state index contributed by atoms with van der Waals surface area (Å²) >= 11 is 0. The fourth-order valence-corrected chi connectivity index (χ4v) is 3.32. The summed E-state index contributed by atoms with van der Waals surface area (Å²) in [6.07, 6.45) is 6.71. The monoisotopic (exact) mass is 364 g/mol. The molecular weight excluding hydrogens is 340 g/mol. The number of aromatic nitrogens is 4. The zero-order valence-electron chi connectivity index (χ0n) is 16.1. The number of nitrogens with zero attached hydrogens (tertiary/aromatic N) is 5. The standard InChI is InChI=1S/C20H24N6O/c1-5-15-7-18(25-20(24-15)27-4)17-10-22-19-16(17)6-13(8-21-19)14-9-23-26(11-14)12(2)3/h6-10,12,14H,5,11H2,1-4H3,(H,21,22). The van der Waals surface area contributed by atoms with Crippen LogP contribution in [0.1, 0.15) is 37.9 Å². The highest BCUT2D eigenvalue weighted by atomic mass is 16.5. The van der Waals surface area contributed by atoms with E-state index < -0.39 is 0 Å². The van der Waals surface area contributed by atoms with Gasteiger partial charge >= 0.3 is 6.01 Å². The Morgan fingerprint density at radius 2 is 2.15 bits per heavy atom. The third kappa shape index (κ3) is 3.25. The first-order valence-corrected chi connectivity index (χ1v) is 9.29. The van der Waals surface area contributed by atoms with E-state index >= 15 is 0 Å². The van der Waals surface area contributed by atoms with Gasteiger partial charge in [-0.3, -0.25) is 5.01 Å². The zero-order valence-corrected chi connectivity index (χ0v) is 16.1. The number of fused-ring (bicyclic) bond motifs is 1. The molecule has 7 heteroatoms. The molecule has 0 saturated carbocycles. The number of H-pyrrole nitrogens is 1. The van der Waals surface area contributed by atoms with Crippen LogP contribution in [0.5, 0.6) is 6.01 Å². The van der Waals surface area contributed by atoms with Crippen LogP contribution in [0, 0.1) is 0 Å². The molecule has 0 fully saturated rings. The van der Waals surface area contributed by atoms with E-state index in [1.54, 1.807) is 7.11 Å². The van der Waals surface area contributed by atoms with Crippen molar-refractivity contribution in [3.63, 3.8) is 0 Å². The molecule has 7 nitrogen and oxygen atoms in total. The van der Waals surface area contributed by atoms with Crippen LogP contribution in [0.15, 0.2) is 29.6 Å². The molecule has 0 spiro atoms. The van der Waals surface area contributed by atoms with Crippen molar-refractivity contribution in [2.75, 3.05) is 13.7 Å². The Balaban J connectivity index is 1.74. The Hall–Kier alpha value is -2.96. The van der Waals surface area contributed by atoms with Crippen LogP contribution in [0.3, 0.4) is 0 Å². The molecule has 0 aromatic carbocycles. The molecule has 0 bridgehead atoms. The van der Waals surface area contributed by atoms with E-state index in [1.165, 1.54) is 0 Å². The molecule has 3 aromatic heterocycles. The van der Waals surface area contributed by atoms with Crippen molar-refractivity contribution >= 4 is 17.2 Å². The van der Waals surface area contributed by atoms with Gasteiger partial charge in [-0.15, -0.1) is 0 Å². The summed E-state index contributed by atoms with van der Waals surface area (Å²) in [7, 11) is 1.59. The first-order valence-electron chi connectivity index (χ1n) is 9.29. The summed E-state index contributed by atoms with van der Waals surface area (Å²) in [6, 6.07) is 4.98. The van der Waals surface area contributed by atoms with Gasteiger partial charge in [-0.05, 0) is 38.0 Å². The van der Waals surface area contributed by atoms with Crippen LogP contribution in [0.25, 0.3) is 22.3 Å². The van der Waals surface area contributed by atoms with Gasteiger partial charge in [0.15, 0.2) is 0 Å². The van der Waals surface area contributed by atoms with Gasteiger partial charge in [0.1, 0.15) is 5.65 Å². The Morgan fingerprint density at radius 1 is 1.30 bits per heavy atom. The minimum atomic E-state index is 0.248. The van der Waals surface area contributed by atoms with E-state index in [1.807, 2.05) is 24.7 Å². The Bertz CT molecular complexity index is 971. The highest BCUT2D eigenvalue weighted by Gasteiger charge is 2.22. The normalized spacial score (nSPS) is 16.6. The third-order valence-corrected chi connectivity index (χ3v) is 4.93. The summed E-state index contributed by atoms with van der Waals surface area (Å²) < 4.78 is 5.28. The minimum absolute atomic E-state index is 0.248. The van der Waals surface area contributed by atoms with Crippen molar-refractivity contribution in [3.8, 4) is 17.3 Å². The molecule has 1 atom stereocenters. The predicted molar refractivity (Wildman–Crippen MR) is 106 cm³/mol. The van der Waals surface area contributed by atoms with E-state index in [-0.39, 0.29) is 5.92 Å². The van der Waals surface area contributed by atoms with Crippen molar-refractivity contribution in [2.45, 2.75) is 39.2 Å². The van der Waals surface area contributed by atoms with Crippen LogP contribution >= 0.6 is 0 Å². The highest BCUT2D eigenvalue weighted by Crippen LogP contribution is 2.31. The topological polar surface area (TPSA) is 79.3 Å². The number of rotatable bonds is 5. The summed E-state index contributed by atoms with van der Waals surface area (Å²) in [5, 5.41) is 7.68. The van der Waals surface area contributed by atoms with E-state index in [2.05, 4.69) is 56.9 Å². The van der Waals surface area contributed by atoms with Gasteiger partial charge in [0, 0.05) is 53.8 Å². The van der Waals surface area contributed by atoms with E-state index in [0.29, 0.717) is 12.1 Å². The van der Waals surface area contributed by atoms with Crippen LogP contribution in [0.2, 0.25) is 0 Å². The second kappa shape index (κ2) is 6.98. The van der Waals surface area contributed by atoms with Crippen LogP contribution < -0.4 is 4.74 Å². The molecule has 27 heavy (non-hydrogen) atoms. The number of aromatic amines is 1. The number of hydrazone groups is 1. The largest absolute Gasteiger partial charge is 0.467 e. The summed E-state index contributed by atoms with van der Waals surface area (Å²) in [6.45, 7) is 7.25. The van der Waals surface area contributed by atoms with E-state index in [4.69, 9.17) is 4.74 Å². The predicted octanol–water partition coefficient (Wildman–Crippen LogP) is 3.38. The van der Waals surface area contributed by atoms with Crippen LogP contribution in [-0.4, -0.2) is 50.9 Å². The van der Waals surface area contributed by atoms with Crippen LogP contribution in [0.4, 0.5) is 0 Å². The molecule has 0 radical (unpaired) electrons. The van der Waals surface area contributed by atoms with Gasteiger partial charge in [-0.25, -0.2) is 9.97 Å². The van der Waals surface area contributed by atoms with Crippen LogP contribution in [-0.2, 0) is 6.42 Å². The first-order chi connectivity index (χ1) is 13.1. The SMILES string of the molecule is CCc1cc(-c2c[nH]c3ncc(C4C=NN(C(C)C)C4)cc23)nc(OC)n1. The Morgan fingerprint density at radius 3 is 2.85 bits per heavy atom. The second-order valence-electron chi connectivity index (χ2n) is 7.04. The maximum absolute atomic E-state index is 5.28. The lowest BCUT2D eigenvalue weighted by Gasteiger charge is -2.19. The Kier molecular flexibility index (Phi) is 4.51.